The second kappa shape index (κ2) is 7.82. The maximum Gasteiger partial charge on any atom is 0.232 e. The Morgan fingerprint density at radius 2 is 2.10 bits per heavy atom. The Morgan fingerprint density at radius 3 is 2.76 bits per heavy atom. The van der Waals surface area contributed by atoms with Gasteiger partial charge in [0.1, 0.15) is 0 Å². The van der Waals surface area contributed by atoms with Crippen molar-refractivity contribution in [3.8, 4) is 0 Å². The van der Waals surface area contributed by atoms with Crippen LogP contribution >= 0.6 is 11.8 Å². The van der Waals surface area contributed by atoms with Gasteiger partial charge in [-0.25, -0.2) is 0 Å². The maximum absolute atomic E-state index is 12.2. The van der Waals surface area contributed by atoms with Crippen LogP contribution in [-0.2, 0) is 15.3 Å². The molecule has 2 atom stereocenters. The molecular formula is C16H23NO3S. The molecule has 1 aliphatic rings. The molecule has 1 aromatic rings. The van der Waals surface area contributed by atoms with E-state index in [-0.39, 0.29) is 24.7 Å². The number of benzene rings is 1. The molecule has 1 aliphatic heterocycles. The van der Waals surface area contributed by atoms with E-state index in [4.69, 9.17) is 4.74 Å². The van der Waals surface area contributed by atoms with Crippen molar-refractivity contribution in [2.24, 2.45) is 0 Å². The number of thioether (sulfide) groups is 1. The summed E-state index contributed by atoms with van der Waals surface area (Å²) in [6, 6.07) is 8.39. The molecule has 0 saturated carbocycles. The van der Waals surface area contributed by atoms with Crippen LogP contribution in [0.1, 0.15) is 18.1 Å². The zero-order valence-corrected chi connectivity index (χ0v) is 13.4. The third-order valence-electron chi connectivity index (χ3n) is 3.50. The average molecular weight is 309 g/mol. The van der Waals surface area contributed by atoms with Crippen LogP contribution in [0.25, 0.3) is 0 Å². The third-order valence-corrected chi connectivity index (χ3v) is 4.49. The highest BCUT2D eigenvalue weighted by Crippen LogP contribution is 2.16. The minimum atomic E-state index is -0.250. The summed E-state index contributed by atoms with van der Waals surface area (Å²) in [6.45, 7) is 5.06. The number of ether oxygens (including phenoxy) is 1. The van der Waals surface area contributed by atoms with Gasteiger partial charge in [-0.3, -0.25) is 4.79 Å². The van der Waals surface area contributed by atoms with Gasteiger partial charge in [-0.15, -0.1) is 11.8 Å². The standard InChI is InChI=1S/C16H23NO3S/c1-12-3-5-14(6-4-12)10-21-11-16(19)17-7-13(2)20-15(8-17)9-18/h3-6,13,15,18H,7-11H2,1-2H3. The molecule has 1 N–H and O–H groups in total. The Labute approximate surface area is 130 Å². The number of aliphatic hydroxyl groups excluding tert-OH is 1. The lowest BCUT2D eigenvalue weighted by Crippen LogP contribution is -2.50. The van der Waals surface area contributed by atoms with Gasteiger partial charge in [0.25, 0.3) is 0 Å². The minimum Gasteiger partial charge on any atom is -0.394 e. The van der Waals surface area contributed by atoms with Crippen LogP contribution in [0, 0.1) is 6.92 Å². The van der Waals surface area contributed by atoms with E-state index in [1.807, 2.05) is 6.92 Å². The van der Waals surface area contributed by atoms with Crippen LogP contribution in [0.3, 0.4) is 0 Å². The van der Waals surface area contributed by atoms with Gasteiger partial charge in [0.15, 0.2) is 0 Å². The number of carbonyl (C=O) groups is 1. The van der Waals surface area contributed by atoms with E-state index in [0.29, 0.717) is 18.8 Å². The SMILES string of the molecule is Cc1ccc(CSCC(=O)N2CC(C)OC(CO)C2)cc1. The molecule has 5 heteroatoms. The molecule has 0 aromatic heterocycles. The molecule has 116 valence electrons. The van der Waals surface area contributed by atoms with Crippen LogP contribution in [-0.4, -0.2) is 53.6 Å². The van der Waals surface area contributed by atoms with Gasteiger partial charge in [-0.2, -0.15) is 0 Å². The summed E-state index contributed by atoms with van der Waals surface area (Å²) in [7, 11) is 0. The number of hydrogen-bond acceptors (Lipinski definition) is 4. The van der Waals surface area contributed by atoms with Gasteiger partial charge in [-0.1, -0.05) is 29.8 Å². The Morgan fingerprint density at radius 1 is 1.38 bits per heavy atom. The van der Waals surface area contributed by atoms with Crippen molar-refractivity contribution in [3.05, 3.63) is 35.4 Å². The minimum absolute atomic E-state index is 0.0121. The first-order valence-electron chi connectivity index (χ1n) is 7.26. The molecule has 0 bridgehead atoms. The summed E-state index contributed by atoms with van der Waals surface area (Å²) >= 11 is 1.63. The number of aryl methyl sites for hydroxylation is 1. The van der Waals surface area contributed by atoms with E-state index in [1.165, 1.54) is 11.1 Å². The summed E-state index contributed by atoms with van der Waals surface area (Å²) in [4.78, 5) is 14.0. The summed E-state index contributed by atoms with van der Waals surface area (Å²) in [6.07, 6.45) is -0.262. The smallest absolute Gasteiger partial charge is 0.232 e. The molecule has 4 nitrogen and oxygen atoms in total. The zero-order chi connectivity index (χ0) is 15.2. The fourth-order valence-corrected chi connectivity index (χ4v) is 3.27. The lowest BCUT2D eigenvalue weighted by atomic mass is 10.2. The molecule has 1 fully saturated rings. The number of carbonyl (C=O) groups excluding carboxylic acids is 1. The van der Waals surface area contributed by atoms with E-state index in [0.717, 1.165) is 5.75 Å². The number of hydrogen-bond donors (Lipinski definition) is 1. The Kier molecular flexibility index (Phi) is 6.08. The second-order valence-electron chi connectivity index (χ2n) is 5.53. The third kappa shape index (κ3) is 5.02. The normalized spacial score (nSPS) is 22.3. The molecule has 0 spiro atoms. The molecule has 0 aliphatic carbocycles. The monoisotopic (exact) mass is 309 g/mol. The number of amides is 1. The summed E-state index contributed by atoms with van der Waals surface area (Å²) in [5, 5.41) is 9.19. The summed E-state index contributed by atoms with van der Waals surface area (Å²) in [5.41, 5.74) is 2.49. The van der Waals surface area contributed by atoms with E-state index in [2.05, 4.69) is 31.2 Å². The van der Waals surface area contributed by atoms with E-state index in [9.17, 15) is 9.90 Å². The average Bonchev–Trinajstić information content (AvgIpc) is 2.48. The quantitative estimate of drug-likeness (QED) is 0.901. The fraction of sp³-hybridized carbons (Fsp3) is 0.562. The van der Waals surface area contributed by atoms with Gasteiger partial charge in [0.05, 0.1) is 24.6 Å². The molecule has 1 saturated heterocycles. The number of rotatable bonds is 5. The molecule has 1 aromatic carbocycles. The highest BCUT2D eigenvalue weighted by Gasteiger charge is 2.27. The van der Waals surface area contributed by atoms with Crippen LogP contribution in [0.2, 0.25) is 0 Å². The topological polar surface area (TPSA) is 49.8 Å². The lowest BCUT2D eigenvalue weighted by Gasteiger charge is -2.36. The molecule has 2 unspecified atom stereocenters. The van der Waals surface area contributed by atoms with Crippen molar-refractivity contribution < 1.29 is 14.6 Å². The Balaban J connectivity index is 1.77. The van der Waals surface area contributed by atoms with E-state index in [1.54, 1.807) is 16.7 Å². The van der Waals surface area contributed by atoms with Crippen molar-refractivity contribution in [2.45, 2.75) is 31.8 Å². The van der Waals surface area contributed by atoms with Gasteiger partial charge < -0.3 is 14.7 Å². The number of nitrogens with zero attached hydrogens (tertiary/aromatic N) is 1. The van der Waals surface area contributed by atoms with Crippen LogP contribution in [0.15, 0.2) is 24.3 Å². The first-order chi connectivity index (χ1) is 10.1. The van der Waals surface area contributed by atoms with Crippen molar-refractivity contribution in [3.63, 3.8) is 0 Å². The number of aliphatic hydroxyl groups is 1. The molecular weight excluding hydrogens is 286 g/mol. The highest BCUT2D eigenvalue weighted by atomic mass is 32.2. The predicted molar refractivity (Wildman–Crippen MR) is 85.3 cm³/mol. The van der Waals surface area contributed by atoms with Crippen LogP contribution in [0.5, 0.6) is 0 Å². The highest BCUT2D eigenvalue weighted by molar-refractivity contribution is 7.99. The molecule has 1 heterocycles. The molecule has 21 heavy (non-hydrogen) atoms. The van der Waals surface area contributed by atoms with Gasteiger partial charge in [-0.05, 0) is 19.4 Å². The largest absolute Gasteiger partial charge is 0.394 e. The Bertz CT molecular complexity index is 463. The lowest BCUT2D eigenvalue weighted by molar-refractivity contribution is -0.144. The zero-order valence-electron chi connectivity index (χ0n) is 12.6. The first-order valence-corrected chi connectivity index (χ1v) is 8.41. The summed E-state index contributed by atoms with van der Waals surface area (Å²) < 4.78 is 5.55. The molecule has 2 rings (SSSR count). The van der Waals surface area contributed by atoms with Crippen molar-refractivity contribution in [2.75, 3.05) is 25.4 Å². The van der Waals surface area contributed by atoms with E-state index >= 15 is 0 Å². The van der Waals surface area contributed by atoms with Gasteiger partial charge in [0, 0.05) is 18.8 Å². The summed E-state index contributed by atoms with van der Waals surface area (Å²) in [5.74, 6) is 1.44. The maximum atomic E-state index is 12.2. The van der Waals surface area contributed by atoms with Gasteiger partial charge >= 0.3 is 0 Å². The van der Waals surface area contributed by atoms with Crippen LogP contribution in [0.4, 0.5) is 0 Å². The Hall–Kier alpha value is -1.04. The predicted octanol–water partition coefficient (Wildman–Crippen LogP) is 1.84. The first kappa shape index (κ1) is 16.3. The van der Waals surface area contributed by atoms with Crippen molar-refractivity contribution in [1.29, 1.82) is 0 Å². The van der Waals surface area contributed by atoms with E-state index < -0.39 is 0 Å². The van der Waals surface area contributed by atoms with Crippen molar-refractivity contribution in [1.82, 2.24) is 4.90 Å². The number of morpholine rings is 1. The fourth-order valence-electron chi connectivity index (χ4n) is 2.38. The molecule has 1 amide bonds. The van der Waals surface area contributed by atoms with Gasteiger partial charge in [0.2, 0.25) is 5.91 Å². The molecule has 0 radical (unpaired) electrons. The van der Waals surface area contributed by atoms with Crippen LogP contribution < -0.4 is 0 Å². The second-order valence-corrected chi connectivity index (χ2v) is 6.51. The van der Waals surface area contributed by atoms with Crippen molar-refractivity contribution >= 4 is 17.7 Å².